The molecular formula is C9H12FNO. The second kappa shape index (κ2) is 3.95. The quantitative estimate of drug-likeness (QED) is 0.536. The minimum atomic E-state index is -0.328. The molecule has 1 aromatic rings. The van der Waals surface area contributed by atoms with Crippen molar-refractivity contribution in [2.75, 3.05) is 12.4 Å². The van der Waals surface area contributed by atoms with Crippen molar-refractivity contribution in [1.82, 2.24) is 0 Å². The van der Waals surface area contributed by atoms with Crippen molar-refractivity contribution in [3.05, 3.63) is 23.8 Å². The van der Waals surface area contributed by atoms with Gasteiger partial charge in [0.1, 0.15) is 5.75 Å². The van der Waals surface area contributed by atoms with Crippen LogP contribution >= 0.6 is 0 Å². The highest BCUT2D eigenvalue weighted by molar-refractivity contribution is 5.52. The SMILES string of the molecule is Nc1ccc(CCCF)cc1O. The Balaban J connectivity index is 2.69. The predicted molar refractivity (Wildman–Crippen MR) is 46.8 cm³/mol. The number of nitrogens with two attached hydrogens (primary N) is 1. The van der Waals surface area contributed by atoms with E-state index < -0.39 is 0 Å². The molecule has 0 spiro atoms. The average molecular weight is 169 g/mol. The third-order valence-electron chi connectivity index (χ3n) is 1.69. The summed E-state index contributed by atoms with van der Waals surface area (Å²) in [5.41, 5.74) is 6.67. The molecule has 0 saturated carbocycles. The summed E-state index contributed by atoms with van der Waals surface area (Å²) < 4.78 is 11.8. The number of anilines is 1. The maximum atomic E-state index is 11.8. The second-order valence-corrected chi connectivity index (χ2v) is 2.69. The number of nitrogen functional groups attached to an aromatic ring is 1. The Morgan fingerprint density at radius 2 is 2.17 bits per heavy atom. The Bertz CT molecular complexity index is 263. The number of hydrogen-bond acceptors (Lipinski definition) is 2. The Hall–Kier alpha value is -1.25. The Morgan fingerprint density at radius 3 is 2.75 bits per heavy atom. The fourth-order valence-corrected chi connectivity index (χ4v) is 1.02. The van der Waals surface area contributed by atoms with Crippen molar-refractivity contribution >= 4 is 5.69 Å². The Kier molecular flexibility index (Phi) is 2.91. The number of halogens is 1. The van der Waals surface area contributed by atoms with Crippen LogP contribution in [-0.4, -0.2) is 11.8 Å². The van der Waals surface area contributed by atoms with E-state index in [2.05, 4.69) is 0 Å². The molecule has 2 nitrogen and oxygen atoms in total. The van der Waals surface area contributed by atoms with Crippen molar-refractivity contribution in [3.8, 4) is 5.75 Å². The molecule has 3 N–H and O–H groups in total. The molecule has 0 bridgehead atoms. The van der Waals surface area contributed by atoms with Crippen LogP contribution < -0.4 is 5.73 Å². The van der Waals surface area contributed by atoms with Crippen LogP contribution in [0.2, 0.25) is 0 Å². The maximum Gasteiger partial charge on any atom is 0.138 e. The molecule has 12 heavy (non-hydrogen) atoms. The number of aryl methyl sites for hydroxylation is 1. The first-order chi connectivity index (χ1) is 5.74. The molecule has 0 fully saturated rings. The molecule has 1 rings (SSSR count). The largest absolute Gasteiger partial charge is 0.506 e. The van der Waals surface area contributed by atoms with Gasteiger partial charge < -0.3 is 10.8 Å². The van der Waals surface area contributed by atoms with Gasteiger partial charge in [0.15, 0.2) is 0 Å². The van der Waals surface area contributed by atoms with Crippen molar-refractivity contribution < 1.29 is 9.50 Å². The lowest BCUT2D eigenvalue weighted by Crippen LogP contribution is -1.89. The van der Waals surface area contributed by atoms with Crippen molar-refractivity contribution in [2.45, 2.75) is 12.8 Å². The molecule has 0 heterocycles. The van der Waals surface area contributed by atoms with E-state index in [0.717, 1.165) is 5.56 Å². The van der Waals surface area contributed by atoms with Crippen LogP contribution in [-0.2, 0) is 6.42 Å². The number of alkyl halides is 1. The summed E-state index contributed by atoms with van der Waals surface area (Å²) in [5, 5.41) is 9.18. The fraction of sp³-hybridized carbons (Fsp3) is 0.333. The van der Waals surface area contributed by atoms with E-state index in [9.17, 15) is 9.50 Å². The van der Waals surface area contributed by atoms with Crippen molar-refractivity contribution in [2.24, 2.45) is 0 Å². The minimum absolute atomic E-state index is 0.0753. The number of rotatable bonds is 3. The van der Waals surface area contributed by atoms with Gasteiger partial charge in [0, 0.05) is 0 Å². The Morgan fingerprint density at radius 1 is 1.42 bits per heavy atom. The van der Waals surface area contributed by atoms with Crippen LogP contribution in [0, 0.1) is 0 Å². The minimum Gasteiger partial charge on any atom is -0.506 e. The van der Waals surface area contributed by atoms with E-state index in [0.29, 0.717) is 18.5 Å². The van der Waals surface area contributed by atoms with Gasteiger partial charge in [0.25, 0.3) is 0 Å². The molecule has 0 unspecified atom stereocenters. The summed E-state index contributed by atoms with van der Waals surface area (Å²) in [5.74, 6) is 0.0753. The van der Waals surface area contributed by atoms with Crippen LogP contribution in [0.25, 0.3) is 0 Å². The lowest BCUT2D eigenvalue weighted by atomic mass is 10.1. The van der Waals surface area contributed by atoms with Gasteiger partial charge in [-0.1, -0.05) is 6.07 Å². The van der Waals surface area contributed by atoms with Crippen molar-refractivity contribution in [3.63, 3.8) is 0 Å². The first-order valence-electron chi connectivity index (χ1n) is 3.87. The topological polar surface area (TPSA) is 46.2 Å². The first kappa shape index (κ1) is 8.84. The van der Waals surface area contributed by atoms with E-state index in [1.165, 1.54) is 0 Å². The highest BCUT2D eigenvalue weighted by Gasteiger charge is 1.98. The van der Waals surface area contributed by atoms with E-state index in [1.54, 1.807) is 18.2 Å². The smallest absolute Gasteiger partial charge is 0.138 e. The maximum absolute atomic E-state index is 11.8. The summed E-state index contributed by atoms with van der Waals surface area (Å²) >= 11 is 0. The number of benzene rings is 1. The molecule has 66 valence electrons. The van der Waals surface area contributed by atoms with Gasteiger partial charge in [-0.15, -0.1) is 0 Å². The van der Waals surface area contributed by atoms with E-state index >= 15 is 0 Å². The lowest BCUT2D eigenvalue weighted by Gasteiger charge is -2.02. The van der Waals surface area contributed by atoms with E-state index in [-0.39, 0.29) is 12.4 Å². The summed E-state index contributed by atoms with van der Waals surface area (Å²) in [4.78, 5) is 0. The van der Waals surface area contributed by atoms with Crippen LogP contribution in [0.15, 0.2) is 18.2 Å². The molecular weight excluding hydrogens is 157 g/mol. The molecule has 0 aliphatic rings. The van der Waals surface area contributed by atoms with Crippen molar-refractivity contribution in [1.29, 1.82) is 0 Å². The average Bonchev–Trinajstić information content (AvgIpc) is 2.07. The van der Waals surface area contributed by atoms with Crippen LogP contribution in [0.4, 0.5) is 10.1 Å². The monoisotopic (exact) mass is 169 g/mol. The van der Waals surface area contributed by atoms with Gasteiger partial charge in [0.05, 0.1) is 12.4 Å². The highest BCUT2D eigenvalue weighted by Crippen LogP contribution is 2.21. The molecule has 0 amide bonds. The number of aromatic hydroxyl groups is 1. The molecule has 0 atom stereocenters. The van der Waals surface area contributed by atoms with Crippen LogP contribution in [0.3, 0.4) is 0 Å². The first-order valence-corrected chi connectivity index (χ1v) is 3.87. The molecule has 0 radical (unpaired) electrons. The second-order valence-electron chi connectivity index (χ2n) is 2.69. The third kappa shape index (κ3) is 2.12. The zero-order valence-corrected chi connectivity index (χ0v) is 6.76. The van der Waals surface area contributed by atoms with Gasteiger partial charge in [-0.3, -0.25) is 4.39 Å². The summed E-state index contributed by atoms with van der Waals surface area (Å²) in [6.07, 6.45) is 1.13. The van der Waals surface area contributed by atoms with Gasteiger partial charge in [-0.2, -0.15) is 0 Å². The third-order valence-corrected chi connectivity index (χ3v) is 1.69. The van der Waals surface area contributed by atoms with Crippen LogP contribution in [0.5, 0.6) is 5.75 Å². The standard InChI is InChI=1S/C9H12FNO/c10-5-1-2-7-3-4-8(11)9(12)6-7/h3-4,6,12H,1-2,5,11H2. The molecule has 0 aliphatic carbocycles. The zero-order valence-electron chi connectivity index (χ0n) is 6.76. The number of phenols is 1. The van der Waals surface area contributed by atoms with Gasteiger partial charge in [-0.25, -0.2) is 0 Å². The zero-order chi connectivity index (χ0) is 8.97. The molecule has 0 aromatic heterocycles. The van der Waals surface area contributed by atoms with Crippen LogP contribution in [0.1, 0.15) is 12.0 Å². The molecule has 0 saturated heterocycles. The molecule has 0 aliphatic heterocycles. The van der Waals surface area contributed by atoms with Gasteiger partial charge in [-0.05, 0) is 30.5 Å². The fourth-order valence-electron chi connectivity index (χ4n) is 1.02. The Labute approximate surface area is 70.8 Å². The summed E-state index contributed by atoms with van der Waals surface area (Å²) in [7, 11) is 0. The molecule has 3 heteroatoms. The predicted octanol–water partition coefficient (Wildman–Crippen LogP) is 1.88. The van der Waals surface area contributed by atoms with Gasteiger partial charge in [0.2, 0.25) is 0 Å². The summed E-state index contributed by atoms with van der Waals surface area (Å²) in [6, 6.07) is 5.00. The lowest BCUT2D eigenvalue weighted by molar-refractivity contribution is 0.468. The van der Waals surface area contributed by atoms with E-state index in [1.807, 2.05) is 0 Å². The molecule has 1 aromatic carbocycles. The normalized spacial score (nSPS) is 10.1. The number of phenolic OH excluding ortho intramolecular Hbond substituents is 1. The van der Waals surface area contributed by atoms with Gasteiger partial charge >= 0.3 is 0 Å². The highest BCUT2D eigenvalue weighted by atomic mass is 19.1. The number of hydrogen-bond donors (Lipinski definition) is 2. The summed E-state index contributed by atoms with van der Waals surface area (Å²) in [6.45, 7) is -0.328. The van der Waals surface area contributed by atoms with E-state index in [4.69, 9.17) is 5.73 Å².